The molecule has 0 aliphatic heterocycles. The Morgan fingerprint density at radius 1 is 1.25 bits per heavy atom. The molecule has 0 aliphatic carbocycles. The first kappa shape index (κ1) is 19.9. The molecule has 3 aromatic rings. The SMILES string of the molecule is Cc1ccc(-n2ccnc2SCC(=O)Nc2ccccc2OC(F)F)c(C)c1. The fourth-order valence-electron chi connectivity index (χ4n) is 2.74. The van der Waals surface area contributed by atoms with Gasteiger partial charge in [-0.05, 0) is 37.6 Å². The van der Waals surface area contributed by atoms with Crippen LogP contribution in [-0.4, -0.2) is 27.8 Å². The number of rotatable bonds is 7. The maximum absolute atomic E-state index is 12.5. The number of thioether (sulfide) groups is 1. The molecule has 0 radical (unpaired) electrons. The number of para-hydroxylation sites is 2. The molecule has 5 nitrogen and oxygen atoms in total. The summed E-state index contributed by atoms with van der Waals surface area (Å²) in [5.74, 6) is -0.344. The van der Waals surface area contributed by atoms with E-state index in [1.165, 1.54) is 29.5 Å². The molecule has 0 bridgehead atoms. The van der Waals surface area contributed by atoms with E-state index < -0.39 is 6.61 Å². The average molecular weight is 403 g/mol. The molecule has 3 rings (SSSR count). The van der Waals surface area contributed by atoms with E-state index in [-0.39, 0.29) is 23.1 Å². The van der Waals surface area contributed by atoms with Gasteiger partial charge in [0.1, 0.15) is 5.75 Å². The van der Waals surface area contributed by atoms with E-state index in [1.807, 2.05) is 36.7 Å². The Kier molecular flexibility index (Phi) is 6.30. The second-order valence-electron chi connectivity index (χ2n) is 6.08. The van der Waals surface area contributed by atoms with Crippen LogP contribution in [0.4, 0.5) is 14.5 Å². The van der Waals surface area contributed by atoms with Gasteiger partial charge in [-0.3, -0.25) is 9.36 Å². The number of nitrogens with zero attached hydrogens (tertiary/aromatic N) is 2. The number of ether oxygens (including phenoxy) is 1. The second-order valence-corrected chi connectivity index (χ2v) is 7.02. The number of anilines is 1. The molecule has 0 unspecified atom stereocenters. The Balaban J connectivity index is 1.68. The number of halogens is 2. The molecule has 0 fully saturated rings. The summed E-state index contributed by atoms with van der Waals surface area (Å²) in [5.41, 5.74) is 3.45. The molecule has 0 saturated carbocycles. The van der Waals surface area contributed by atoms with E-state index in [4.69, 9.17) is 0 Å². The van der Waals surface area contributed by atoms with Crippen molar-refractivity contribution in [3.05, 3.63) is 66.0 Å². The topological polar surface area (TPSA) is 56.2 Å². The van der Waals surface area contributed by atoms with Crippen molar-refractivity contribution >= 4 is 23.4 Å². The summed E-state index contributed by atoms with van der Waals surface area (Å²) in [4.78, 5) is 16.6. The van der Waals surface area contributed by atoms with Crippen molar-refractivity contribution in [2.75, 3.05) is 11.1 Å². The third-order valence-electron chi connectivity index (χ3n) is 3.93. The van der Waals surface area contributed by atoms with Gasteiger partial charge in [0, 0.05) is 12.4 Å². The fraction of sp³-hybridized carbons (Fsp3) is 0.200. The highest BCUT2D eigenvalue weighted by atomic mass is 32.2. The lowest BCUT2D eigenvalue weighted by atomic mass is 10.1. The van der Waals surface area contributed by atoms with Crippen LogP contribution in [0.3, 0.4) is 0 Å². The summed E-state index contributed by atoms with van der Waals surface area (Å²) in [6, 6.07) is 12.2. The zero-order valence-corrected chi connectivity index (χ0v) is 16.2. The molecule has 0 saturated heterocycles. The largest absolute Gasteiger partial charge is 0.433 e. The maximum Gasteiger partial charge on any atom is 0.387 e. The Bertz CT molecular complexity index is 976. The first-order valence-corrected chi connectivity index (χ1v) is 9.50. The predicted molar refractivity (Wildman–Crippen MR) is 105 cm³/mol. The van der Waals surface area contributed by atoms with E-state index in [1.54, 1.807) is 18.3 Å². The number of benzene rings is 2. The molecule has 0 aliphatic rings. The normalized spacial score (nSPS) is 10.9. The van der Waals surface area contributed by atoms with Crippen molar-refractivity contribution in [1.29, 1.82) is 0 Å². The lowest BCUT2D eigenvalue weighted by molar-refractivity contribution is -0.113. The third-order valence-corrected chi connectivity index (χ3v) is 4.90. The van der Waals surface area contributed by atoms with E-state index in [0.717, 1.165) is 11.3 Å². The minimum atomic E-state index is -2.96. The molecule has 1 aromatic heterocycles. The molecule has 1 heterocycles. The van der Waals surface area contributed by atoms with Crippen molar-refractivity contribution in [3.8, 4) is 11.4 Å². The number of hydrogen-bond donors (Lipinski definition) is 1. The molecule has 28 heavy (non-hydrogen) atoms. The summed E-state index contributed by atoms with van der Waals surface area (Å²) < 4.78 is 31.3. The van der Waals surface area contributed by atoms with Crippen LogP contribution in [-0.2, 0) is 4.79 Å². The van der Waals surface area contributed by atoms with Crippen molar-refractivity contribution in [1.82, 2.24) is 9.55 Å². The minimum Gasteiger partial charge on any atom is -0.433 e. The smallest absolute Gasteiger partial charge is 0.387 e. The van der Waals surface area contributed by atoms with E-state index in [9.17, 15) is 13.6 Å². The van der Waals surface area contributed by atoms with Gasteiger partial charge in [-0.1, -0.05) is 41.6 Å². The number of nitrogens with one attached hydrogen (secondary N) is 1. The molecule has 1 amide bonds. The summed E-state index contributed by atoms with van der Waals surface area (Å²) in [6.07, 6.45) is 3.51. The summed E-state index contributed by atoms with van der Waals surface area (Å²) in [7, 11) is 0. The monoisotopic (exact) mass is 403 g/mol. The number of carbonyl (C=O) groups is 1. The number of imidazole rings is 1. The van der Waals surface area contributed by atoms with Crippen LogP contribution >= 0.6 is 11.8 Å². The lowest BCUT2D eigenvalue weighted by Crippen LogP contribution is -2.16. The van der Waals surface area contributed by atoms with Gasteiger partial charge in [0.05, 0.1) is 17.1 Å². The molecule has 0 atom stereocenters. The van der Waals surface area contributed by atoms with Crippen molar-refractivity contribution in [2.24, 2.45) is 0 Å². The highest BCUT2D eigenvalue weighted by molar-refractivity contribution is 7.99. The number of aromatic nitrogens is 2. The Labute approximate surface area is 165 Å². The van der Waals surface area contributed by atoms with Crippen LogP contribution in [0, 0.1) is 13.8 Å². The number of hydrogen-bond acceptors (Lipinski definition) is 4. The van der Waals surface area contributed by atoms with Crippen molar-refractivity contribution in [3.63, 3.8) is 0 Å². The second kappa shape index (κ2) is 8.88. The van der Waals surface area contributed by atoms with E-state index in [0.29, 0.717) is 5.16 Å². The molecule has 0 spiro atoms. The molecule has 2 aromatic carbocycles. The Morgan fingerprint density at radius 3 is 2.79 bits per heavy atom. The Hall–Kier alpha value is -2.87. The lowest BCUT2D eigenvalue weighted by Gasteiger charge is -2.12. The van der Waals surface area contributed by atoms with Gasteiger partial charge >= 0.3 is 6.61 Å². The van der Waals surface area contributed by atoms with Gasteiger partial charge in [-0.15, -0.1) is 0 Å². The number of aryl methyl sites for hydroxylation is 2. The van der Waals surface area contributed by atoms with Crippen LogP contribution < -0.4 is 10.1 Å². The van der Waals surface area contributed by atoms with Crippen LogP contribution in [0.25, 0.3) is 5.69 Å². The van der Waals surface area contributed by atoms with Gasteiger partial charge in [-0.25, -0.2) is 4.98 Å². The summed E-state index contributed by atoms with van der Waals surface area (Å²) in [5, 5.41) is 3.27. The molecule has 8 heteroatoms. The zero-order valence-electron chi connectivity index (χ0n) is 15.4. The number of amides is 1. The highest BCUT2D eigenvalue weighted by Crippen LogP contribution is 2.27. The first-order chi connectivity index (χ1) is 13.4. The molecule has 1 N–H and O–H groups in total. The minimum absolute atomic E-state index is 0.0743. The van der Waals surface area contributed by atoms with Gasteiger partial charge < -0.3 is 10.1 Å². The van der Waals surface area contributed by atoms with Crippen molar-refractivity contribution in [2.45, 2.75) is 25.6 Å². The van der Waals surface area contributed by atoms with Crippen LogP contribution in [0.15, 0.2) is 60.0 Å². The average Bonchev–Trinajstić information content (AvgIpc) is 3.09. The van der Waals surface area contributed by atoms with Crippen LogP contribution in [0.2, 0.25) is 0 Å². The van der Waals surface area contributed by atoms with Gasteiger partial charge in [-0.2, -0.15) is 8.78 Å². The quantitative estimate of drug-likeness (QED) is 0.575. The molecule has 146 valence electrons. The third kappa shape index (κ3) is 4.89. The molecular weight excluding hydrogens is 384 g/mol. The van der Waals surface area contributed by atoms with Crippen molar-refractivity contribution < 1.29 is 18.3 Å². The van der Waals surface area contributed by atoms with Crippen LogP contribution in [0.5, 0.6) is 5.75 Å². The maximum atomic E-state index is 12.5. The number of carbonyl (C=O) groups excluding carboxylic acids is 1. The van der Waals surface area contributed by atoms with Gasteiger partial charge in [0.2, 0.25) is 5.91 Å². The van der Waals surface area contributed by atoms with Gasteiger partial charge in [0.25, 0.3) is 0 Å². The standard InChI is InChI=1S/C20H19F2N3O2S/c1-13-7-8-16(14(2)11-13)25-10-9-23-20(25)28-12-18(26)24-15-5-3-4-6-17(15)27-19(21)22/h3-11,19H,12H2,1-2H3,(H,24,26). The predicted octanol–water partition coefficient (Wildman–Crippen LogP) is 4.82. The van der Waals surface area contributed by atoms with E-state index in [2.05, 4.69) is 21.1 Å². The van der Waals surface area contributed by atoms with Gasteiger partial charge in [0.15, 0.2) is 5.16 Å². The van der Waals surface area contributed by atoms with Crippen LogP contribution in [0.1, 0.15) is 11.1 Å². The fourth-order valence-corrected chi connectivity index (χ4v) is 3.51. The summed E-state index contributed by atoms with van der Waals surface area (Å²) >= 11 is 1.26. The zero-order chi connectivity index (χ0) is 20.1. The molecular formula is C20H19F2N3O2S. The Morgan fingerprint density at radius 2 is 2.04 bits per heavy atom. The van der Waals surface area contributed by atoms with E-state index >= 15 is 0 Å². The summed E-state index contributed by atoms with van der Waals surface area (Å²) in [6.45, 7) is 1.08. The highest BCUT2D eigenvalue weighted by Gasteiger charge is 2.14. The number of alkyl halides is 2. The first-order valence-electron chi connectivity index (χ1n) is 8.51.